The molecule has 0 amide bonds. The number of hydrogen-bond donors (Lipinski definition) is 1. The van der Waals surface area contributed by atoms with Gasteiger partial charge in [-0.25, -0.2) is 13.2 Å². The molecule has 0 saturated carbocycles. The van der Waals surface area contributed by atoms with Gasteiger partial charge in [0.1, 0.15) is 11.9 Å². The molecule has 0 aromatic heterocycles. The van der Waals surface area contributed by atoms with Crippen molar-refractivity contribution < 1.29 is 23.0 Å². The summed E-state index contributed by atoms with van der Waals surface area (Å²) in [4.78, 5) is 0. The second-order valence-electron chi connectivity index (χ2n) is 4.68. The van der Waals surface area contributed by atoms with Gasteiger partial charge in [-0.05, 0) is 43.7 Å². The zero-order valence-electron chi connectivity index (χ0n) is 11.7. The second-order valence-corrected chi connectivity index (χ2v) is 4.68. The zero-order chi connectivity index (χ0) is 15.6. The quantitative estimate of drug-likeness (QED) is 0.867. The molecule has 1 unspecified atom stereocenters. The van der Waals surface area contributed by atoms with Crippen molar-refractivity contribution in [3.05, 3.63) is 64.5 Å². The van der Waals surface area contributed by atoms with E-state index in [2.05, 4.69) is 0 Å². The van der Waals surface area contributed by atoms with Crippen molar-refractivity contribution in [2.75, 3.05) is 6.61 Å². The highest BCUT2D eigenvalue weighted by molar-refractivity contribution is 5.43. The predicted molar refractivity (Wildman–Crippen MR) is 72.7 cm³/mol. The van der Waals surface area contributed by atoms with Crippen molar-refractivity contribution in [2.45, 2.75) is 20.0 Å². The Morgan fingerprint density at radius 1 is 1.10 bits per heavy atom. The summed E-state index contributed by atoms with van der Waals surface area (Å²) in [5, 5.41) is 10.3. The Morgan fingerprint density at radius 2 is 1.71 bits per heavy atom. The molecule has 1 N–H and O–H groups in total. The third-order valence-electron chi connectivity index (χ3n) is 3.08. The lowest BCUT2D eigenvalue weighted by atomic mass is 9.98. The molecule has 0 fully saturated rings. The summed E-state index contributed by atoms with van der Waals surface area (Å²) >= 11 is 0. The molecule has 0 spiro atoms. The molecule has 0 aliphatic heterocycles. The van der Waals surface area contributed by atoms with E-state index in [1.807, 2.05) is 6.92 Å². The normalized spacial score (nSPS) is 12.3. The fourth-order valence-electron chi connectivity index (χ4n) is 2.08. The van der Waals surface area contributed by atoms with Gasteiger partial charge in [0, 0.05) is 5.56 Å². The summed E-state index contributed by atoms with van der Waals surface area (Å²) in [5.41, 5.74) is 1.16. The fraction of sp³-hybridized carbons (Fsp3) is 0.250. The van der Waals surface area contributed by atoms with E-state index in [1.165, 1.54) is 0 Å². The van der Waals surface area contributed by atoms with Crippen molar-refractivity contribution in [1.29, 1.82) is 0 Å². The first-order valence-electron chi connectivity index (χ1n) is 6.50. The van der Waals surface area contributed by atoms with Crippen LogP contribution in [0.1, 0.15) is 29.7 Å². The summed E-state index contributed by atoms with van der Waals surface area (Å²) < 4.78 is 45.0. The van der Waals surface area contributed by atoms with Crippen molar-refractivity contribution in [3.8, 4) is 5.75 Å². The van der Waals surface area contributed by atoms with Crippen LogP contribution in [0.15, 0.2) is 30.3 Å². The van der Waals surface area contributed by atoms with Gasteiger partial charge in [-0.3, -0.25) is 0 Å². The number of aliphatic hydroxyl groups excluding tert-OH is 1. The Balaban J connectivity index is 2.48. The van der Waals surface area contributed by atoms with Crippen LogP contribution in [0, 0.1) is 24.4 Å². The van der Waals surface area contributed by atoms with Crippen LogP contribution in [0.4, 0.5) is 13.2 Å². The summed E-state index contributed by atoms with van der Waals surface area (Å²) in [5.74, 6) is -3.81. The van der Waals surface area contributed by atoms with E-state index in [4.69, 9.17) is 4.74 Å². The molecule has 0 heterocycles. The van der Waals surface area contributed by atoms with Crippen LogP contribution in [-0.4, -0.2) is 11.7 Å². The van der Waals surface area contributed by atoms with Crippen LogP contribution in [0.2, 0.25) is 0 Å². The molecule has 0 aliphatic carbocycles. The van der Waals surface area contributed by atoms with Gasteiger partial charge in [-0.15, -0.1) is 0 Å². The van der Waals surface area contributed by atoms with E-state index in [0.29, 0.717) is 17.9 Å². The van der Waals surface area contributed by atoms with E-state index in [1.54, 1.807) is 25.1 Å². The van der Waals surface area contributed by atoms with Crippen molar-refractivity contribution in [1.82, 2.24) is 0 Å². The lowest BCUT2D eigenvalue weighted by Crippen LogP contribution is -2.06. The van der Waals surface area contributed by atoms with Crippen LogP contribution in [0.5, 0.6) is 5.75 Å². The van der Waals surface area contributed by atoms with Crippen LogP contribution in [-0.2, 0) is 0 Å². The summed E-state index contributed by atoms with van der Waals surface area (Å²) in [6.45, 7) is 3.99. The molecule has 0 saturated heterocycles. The van der Waals surface area contributed by atoms with Gasteiger partial charge in [0.05, 0.1) is 6.61 Å². The molecular formula is C16H15F3O2. The lowest BCUT2D eigenvalue weighted by Gasteiger charge is -2.17. The number of rotatable bonds is 4. The number of aliphatic hydroxyl groups is 1. The topological polar surface area (TPSA) is 29.5 Å². The van der Waals surface area contributed by atoms with Crippen LogP contribution in [0.25, 0.3) is 0 Å². The number of ether oxygens (including phenoxy) is 1. The van der Waals surface area contributed by atoms with Crippen LogP contribution in [0.3, 0.4) is 0 Å². The van der Waals surface area contributed by atoms with Gasteiger partial charge in [-0.1, -0.05) is 11.6 Å². The van der Waals surface area contributed by atoms with Gasteiger partial charge in [0.15, 0.2) is 17.5 Å². The summed E-state index contributed by atoms with van der Waals surface area (Å²) in [6, 6.07) is 6.69. The molecule has 112 valence electrons. The van der Waals surface area contributed by atoms with Gasteiger partial charge >= 0.3 is 0 Å². The van der Waals surface area contributed by atoms with E-state index in [9.17, 15) is 18.3 Å². The van der Waals surface area contributed by atoms with Crippen LogP contribution < -0.4 is 4.74 Å². The largest absolute Gasteiger partial charge is 0.493 e. The third-order valence-corrected chi connectivity index (χ3v) is 3.08. The van der Waals surface area contributed by atoms with E-state index in [-0.39, 0.29) is 5.56 Å². The molecule has 5 heteroatoms. The molecule has 2 rings (SSSR count). The molecule has 0 aliphatic rings. The number of halogens is 3. The molecule has 2 aromatic carbocycles. The first kappa shape index (κ1) is 15.4. The van der Waals surface area contributed by atoms with E-state index in [0.717, 1.165) is 17.7 Å². The average Bonchev–Trinajstić information content (AvgIpc) is 2.45. The number of benzene rings is 2. The smallest absolute Gasteiger partial charge is 0.194 e. The first-order valence-corrected chi connectivity index (χ1v) is 6.50. The standard InChI is InChI=1S/C16H15F3O2/c1-3-21-14-5-4-9(2)6-11(14)16(20)10-7-12(17)15(19)13(18)8-10/h4-8,16,20H,3H2,1-2H3. The Kier molecular flexibility index (Phi) is 4.53. The molecule has 0 radical (unpaired) electrons. The van der Waals surface area contributed by atoms with Gasteiger partial charge in [0.2, 0.25) is 0 Å². The second kappa shape index (κ2) is 6.18. The SMILES string of the molecule is CCOc1ccc(C)cc1C(O)c1cc(F)c(F)c(F)c1. The highest BCUT2D eigenvalue weighted by Crippen LogP contribution is 2.32. The Bertz CT molecular complexity index is 633. The van der Waals surface area contributed by atoms with Gasteiger partial charge in [-0.2, -0.15) is 0 Å². The lowest BCUT2D eigenvalue weighted by molar-refractivity contribution is 0.210. The van der Waals surface area contributed by atoms with Crippen molar-refractivity contribution >= 4 is 0 Å². The maximum Gasteiger partial charge on any atom is 0.194 e. The Morgan fingerprint density at radius 3 is 2.29 bits per heavy atom. The highest BCUT2D eigenvalue weighted by atomic mass is 19.2. The van der Waals surface area contributed by atoms with Gasteiger partial charge in [0.25, 0.3) is 0 Å². The van der Waals surface area contributed by atoms with Gasteiger partial charge < -0.3 is 9.84 Å². The Labute approximate surface area is 120 Å². The van der Waals surface area contributed by atoms with E-state index >= 15 is 0 Å². The molecule has 2 nitrogen and oxygen atoms in total. The fourth-order valence-corrected chi connectivity index (χ4v) is 2.08. The maximum absolute atomic E-state index is 13.3. The number of hydrogen-bond acceptors (Lipinski definition) is 2. The summed E-state index contributed by atoms with van der Waals surface area (Å²) in [7, 11) is 0. The molecule has 0 bridgehead atoms. The van der Waals surface area contributed by atoms with Crippen molar-refractivity contribution in [2.24, 2.45) is 0 Å². The third kappa shape index (κ3) is 3.19. The average molecular weight is 296 g/mol. The minimum atomic E-state index is -1.56. The maximum atomic E-state index is 13.3. The summed E-state index contributed by atoms with van der Waals surface area (Å²) in [6.07, 6.45) is -1.31. The molecule has 21 heavy (non-hydrogen) atoms. The highest BCUT2D eigenvalue weighted by Gasteiger charge is 2.20. The molecular weight excluding hydrogens is 281 g/mol. The zero-order valence-corrected chi connectivity index (χ0v) is 11.7. The predicted octanol–water partition coefficient (Wildman–Crippen LogP) is 3.89. The Hall–Kier alpha value is -2.01. The van der Waals surface area contributed by atoms with Crippen LogP contribution >= 0.6 is 0 Å². The first-order chi connectivity index (χ1) is 9.93. The molecule has 2 aromatic rings. The number of aryl methyl sites for hydroxylation is 1. The monoisotopic (exact) mass is 296 g/mol. The van der Waals surface area contributed by atoms with E-state index < -0.39 is 23.6 Å². The molecule has 1 atom stereocenters. The minimum absolute atomic E-state index is 0.0713. The minimum Gasteiger partial charge on any atom is -0.493 e. The van der Waals surface area contributed by atoms with Crippen molar-refractivity contribution in [3.63, 3.8) is 0 Å².